The second-order valence-electron chi connectivity index (χ2n) is 5.39. The Labute approximate surface area is 117 Å². The summed E-state index contributed by atoms with van der Waals surface area (Å²) in [4.78, 5) is 26.6. The Morgan fingerprint density at radius 1 is 1.19 bits per heavy atom. The Kier molecular flexibility index (Phi) is 2.62. The molecule has 3 rings (SSSR count). The van der Waals surface area contributed by atoms with Gasteiger partial charge >= 0.3 is 24.8 Å². The molecular weight excluding hydrogens is 292 g/mol. The number of likely N-dealkylation sites (N-methyl/N-ethyl adjacent to an activating group) is 1. The molecule has 1 aromatic rings. The smallest absolute Gasteiger partial charge is 0.595 e. The van der Waals surface area contributed by atoms with Gasteiger partial charge in [-0.25, -0.2) is 0 Å². The maximum atomic E-state index is 12.8. The van der Waals surface area contributed by atoms with Crippen LogP contribution in [-0.2, 0) is 25.1 Å². The Bertz CT molecular complexity index is 629. The summed E-state index contributed by atoms with van der Waals surface area (Å²) in [5.74, 6) is -1.27. The van der Waals surface area contributed by atoms with Crippen molar-refractivity contribution >= 4 is 24.2 Å². The molecule has 2 aliphatic rings. The molecule has 0 radical (unpaired) electrons. The lowest BCUT2D eigenvalue weighted by Crippen LogP contribution is -2.68. The minimum atomic E-state index is -4.64. The zero-order valence-corrected chi connectivity index (χ0v) is 10.9. The van der Waals surface area contributed by atoms with Crippen LogP contribution in [-0.4, -0.2) is 48.1 Å². The lowest BCUT2D eigenvalue weighted by atomic mass is 9.64. The van der Waals surface area contributed by atoms with Crippen molar-refractivity contribution in [2.75, 3.05) is 20.1 Å². The third kappa shape index (κ3) is 1.89. The van der Waals surface area contributed by atoms with Crippen LogP contribution < -0.4 is 5.59 Å². The van der Waals surface area contributed by atoms with E-state index in [0.717, 1.165) is 12.1 Å². The van der Waals surface area contributed by atoms with Gasteiger partial charge in [0.05, 0.1) is 0 Å². The summed E-state index contributed by atoms with van der Waals surface area (Å²) in [5, 5.41) is 0. The molecule has 0 aromatic carbocycles. The average molecular weight is 302 g/mol. The number of carbonyl (C=O) groups is 2. The normalized spacial score (nSPS) is 31.8. The van der Waals surface area contributed by atoms with E-state index in [1.807, 2.05) is 0 Å². The lowest BCUT2D eigenvalue weighted by Gasteiger charge is -2.39. The van der Waals surface area contributed by atoms with Crippen molar-refractivity contribution < 1.29 is 36.5 Å². The molecule has 0 aliphatic carbocycles. The second kappa shape index (κ2) is 3.97. The van der Waals surface area contributed by atoms with Gasteiger partial charge < -0.3 is 13.7 Å². The van der Waals surface area contributed by atoms with Gasteiger partial charge in [-0.1, -0.05) is 12.1 Å². The Hall–Kier alpha value is -2.10. The Morgan fingerprint density at radius 3 is 2.29 bits per heavy atom. The van der Waals surface area contributed by atoms with Crippen molar-refractivity contribution in [2.24, 2.45) is 0 Å². The van der Waals surface area contributed by atoms with E-state index in [2.05, 4.69) is 4.98 Å². The standard InChI is InChI=1S/C11H10BF3N2O4/c1-17-5-9(18)20-12(17,21-10(19)6-17)8-4-2-3-7(16-8)11(13,14)15/h2-4H,5-6H2,1H3. The van der Waals surface area contributed by atoms with Crippen LogP contribution in [0, 0.1) is 0 Å². The summed E-state index contributed by atoms with van der Waals surface area (Å²) in [6.07, 6.45) is -4.64. The van der Waals surface area contributed by atoms with Gasteiger partial charge in [-0.05, 0) is 6.07 Å². The van der Waals surface area contributed by atoms with E-state index in [1.165, 1.54) is 13.1 Å². The van der Waals surface area contributed by atoms with Crippen LogP contribution in [0.15, 0.2) is 18.2 Å². The molecule has 3 heterocycles. The molecule has 112 valence electrons. The first-order valence-corrected chi connectivity index (χ1v) is 6.13. The number of quaternary nitrogens is 1. The molecule has 0 N–H and O–H groups in total. The van der Waals surface area contributed by atoms with Crippen LogP contribution in [0.3, 0.4) is 0 Å². The number of hydrogen-bond acceptors (Lipinski definition) is 5. The topological polar surface area (TPSA) is 65.5 Å². The van der Waals surface area contributed by atoms with Gasteiger partial charge in [0.2, 0.25) is 0 Å². The molecule has 0 spiro atoms. The summed E-state index contributed by atoms with van der Waals surface area (Å²) in [6, 6.07) is 3.21. The number of halogens is 3. The third-order valence-electron chi connectivity index (χ3n) is 3.82. The number of fused-ring (bicyclic) bond motifs is 1. The second-order valence-corrected chi connectivity index (χ2v) is 5.39. The zero-order chi connectivity index (χ0) is 15.5. The van der Waals surface area contributed by atoms with Crippen LogP contribution in [0.5, 0.6) is 0 Å². The summed E-state index contributed by atoms with van der Waals surface area (Å²) in [6.45, 7) is -3.03. The number of alkyl halides is 3. The molecule has 0 bridgehead atoms. The van der Waals surface area contributed by atoms with Gasteiger partial charge in [0.25, 0.3) is 0 Å². The summed E-state index contributed by atoms with van der Waals surface area (Å²) >= 11 is 0. The summed E-state index contributed by atoms with van der Waals surface area (Å²) in [5.41, 5.74) is -1.32. The number of aromatic nitrogens is 1. The molecule has 0 saturated carbocycles. The molecule has 2 fully saturated rings. The van der Waals surface area contributed by atoms with E-state index in [1.54, 1.807) is 0 Å². The highest BCUT2D eigenvalue weighted by Gasteiger charge is 2.67. The molecule has 1 aromatic heterocycles. The fraction of sp³-hybridized carbons (Fsp3) is 0.364. The minimum Gasteiger partial charge on any atom is -0.595 e. The summed E-state index contributed by atoms with van der Waals surface area (Å²) in [7, 11) is 1.53. The highest BCUT2D eigenvalue weighted by atomic mass is 19.4. The van der Waals surface area contributed by atoms with E-state index >= 15 is 0 Å². The van der Waals surface area contributed by atoms with Crippen molar-refractivity contribution in [3.8, 4) is 0 Å². The van der Waals surface area contributed by atoms with Crippen molar-refractivity contribution in [1.82, 2.24) is 4.98 Å². The average Bonchev–Trinajstić information content (AvgIpc) is 2.73. The van der Waals surface area contributed by atoms with E-state index in [9.17, 15) is 22.8 Å². The van der Waals surface area contributed by atoms with Crippen LogP contribution in [0.2, 0.25) is 0 Å². The number of pyridine rings is 1. The van der Waals surface area contributed by atoms with Crippen LogP contribution in [0.1, 0.15) is 5.69 Å². The van der Waals surface area contributed by atoms with Crippen LogP contribution in [0.25, 0.3) is 0 Å². The minimum absolute atomic E-state index is 0.149. The van der Waals surface area contributed by atoms with Gasteiger partial charge in [0.1, 0.15) is 18.8 Å². The maximum absolute atomic E-state index is 12.8. The monoisotopic (exact) mass is 302 g/mol. The van der Waals surface area contributed by atoms with E-state index < -0.39 is 30.5 Å². The quantitative estimate of drug-likeness (QED) is 0.673. The zero-order valence-electron chi connectivity index (χ0n) is 10.9. The van der Waals surface area contributed by atoms with Crippen molar-refractivity contribution in [1.29, 1.82) is 0 Å². The Balaban J connectivity index is 2.14. The maximum Gasteiger partial charge on any atom is 0.632 e. The first kappa shape index (κ1) is 13.9. The molecule has 0 unspecified atom stereocenters. The van der Waals surface area contributed by atoms with Crippen LogP contribution in [0.4, 0.5) is 13.2 Å². The fourth-order valence-corrected chi connectivity index (χ4v) is 2.85. The molecule has 0 atom stereocenters. The van der Waals surface area contributed by atoms with Gasteiger partial charge in [0.15, 0.2) is 0 Å². The van der Waals surface area contributed by atoms with Gasteiger partial charge in [0, 0.05) is 12.6 Å². The number of nitrogens with zero attached hydrogens (tertiary/aromatic N) is 2. The predicted octanol–water partition coefficient (Wildman–Crippen LogP) is -0.194. The highest BCUT2D eigenvalue weighted by Crippen LogP contribution is 2.34. The molecule has 6 nitrogen and oxygen atoms in total. The Morgan fingerprint density at radius 2 is 1.76 bits per heavy atom. The van der Waals surface area contributed by atoms with E-state index in [-0.39, 0.29) is 23.1 Å². The molecule has 21 heavy (non-hydrogen) atoms. The largest absolute Gasteiger partial charge is 0.632 e. The fourth-order valence-electron chi connectivity index (χ4n) is 2.85. The van der Waals surface area contributed by atoms with Gasteiger partial charge in [-0.2, -0.15) is 13.2 Å². The number of hydrogen-bond donors (Lipinski definition) is 0. The van der Waals surface area contributed by atoms with Crippen molar-refractivity contribution in [2.45, 2.75) is 6.18 Å². The van der Waals surface area contributed by atoms with Gasteiger partial charge in [-0.3, -0.25) is 14.6 Å². The van der Waals surface area contributed by atoms with E-state index in [0.29, 0.717) is 0 Å². The van der Waals surface area contributed by atoms with Crippen LogP contribution >= 0.6 is 0 Å². The first-order valence-electron chi connectivity index (χ1n) is 6.13. The van der Waals surface area contributed by atoms with Gasteiger partial charge in [-0.15, -0.1) is 0 Å². The van der Waals surface area contributed by atoms with Crippen molar-refractivity contribution in [3.05, 3.63) is 23.9 Å². The predicted molar refractivity (Wildman–Crippen MR) is 62.7 cm³/mol. The highest BCUT2D eigenvalue weighted by molar-refractivity contribution is 6.78. The molecule has 0 amide bonds. The van der Waals surface area contributed by atoms with Crippen molar-refractivity contribution in [3.63, 3.8) is 0 Å². The SMILES string of the molecule is C[N+]12CC(=O)O[B-]1(c1cccc(C(F)(F)F)n1)OC(=O)C2. The molecular formula is C11H10BF3N2O4. The third-order valence-corrected chi connectivity index (χ3v) is 3.82. The number of carbonyl (C=O) groups excluding carboxylic acids is 2. The summed E-state index contributed by atoms with van der Waals surface area (Å²) < 4.78 is 48.3. The molecule has 10 heteroatoms. The van der Waals surface area contributed by atoms with E-state index in [4.69, 9.17) is 9.31 Å². The lowest BCUT2D eigenvalue weighted by molar-refractivity contribution is -0.791. The number of rotatable bonds is 1. The first-order chi connectivity index (χ1) is 9.66. The molecule has 2 saturated heterocycles. The molecule has 2 aliphatic heterocycles.